The molecule has 0 spiro atoms. The second-order valence-corrected chi connectivity index (χ2v) is 17.6. The summed E-state index contributed by atoms with van der Waals surface area (Å²) in [6.07, 6.45) is 13.4. The minimum absolute atomic E-state index is 0.00210. The minimum atomic E-state index is -0.688. The van der Waals surface area contributed by atoms with E-state index in [2.05, 4.69) is 50.4 Å². The standard InChI is InChI=1S/C34H46N4O3S/c1-29(2)11-13-34(38-26(40)19-42(8)37-20-36)14-12-33(7)27(22(34)17-29)23(39)15-25-31(5)16-21(18-35)28(41)30(3,4)24(31)9-10-32(25,33)6/h15-16,22,24,27H,9-14,17,19H2,1-8H3,(H,38,40)/t22-,24-,27-,31-,32+,33+,34-,42?/m0/s1. The zero-order chi connectivity index (χ0) is 31.1. The van der Waals surface area contributed by atoms with Crippen molar-refractivity contribution in [2.75, 3.05) is 12.0 Å². The maximum atomic E-state index is 14.6. The molecule has 0 aromatic rings. The molecule has 3 fully saturated rings. The molecule has 0 saturated heterocycles. The van der Waals surface area contributed by atoms with Crippen LogP contribution in [0, 0.1) is 67.6 Å². The van der Waals surface area contributed by atoms with Crippen LogP contribution in [0.1, 0.15) is 93.4 Å². The van der Waals surface area contributed by atoms with Gasteiger partial charge in [0.25, 0.3) is 0 Å². The molecule has 1 N–H and O–H groups in total. The Kier molecular flexibility index (Phi) is 7.14. The number of carbonyl (C=O) groups excluding carboxylic acids is 3. The predicted octanol–water partition coefficient (Wildman–Crippen LogP) is 5.99. The van der Waals surface area contributed by atoms with Gasteiger partial charge in [0.2, 0.25) is 12.1 Å². The molecule has 1 unspecified atom stereocenters. The highest BCUT2D eigenvalue weighted by Gasteiger charge is 2.70. The number of allylic oxidation sites excluding steroid dienone is 4. The third kappa shape index (κ3) is 4.22. The van der Waals surface area contributed by atoms with Gasteiger partial charge in [-0.1, -0.05) is 70.8 Å². The smallest absolute Gasteiger partial charge is 0.231 e. The maximum absolute atomic E-state index is 14.6. The third-order valence-electron chi connectivity index (χ3n) is 12.8. The van der Waals surface area contributed by atoms with E-state index in [9.17, 15) is 19.6 Å². The van der Waals surface area contributed by atoms with Crippen molar-refractivity contribution < 1.29 is 14.4 Å². The summed E-state index contributed by atoms with van der Waals surface area (Å²) in [6, 6.07) is 2.18. The van der Waals surface area contributed by atoms with Crippen LogP contribution in [0.2, 0.25) is 0 Å². The number of hydrogen-bond donors (Lipinski definition) is 1. The first-order valence-electron chi connectivity index (χ1n) is 15.4. The van der Waals surface area contributed by atoms with E-state index in [1.807, 2.05) is 32.2 Å². The Bertz CT molecular complexity index is 1440. The van der Waals surface area contributed by atoms with E-state index >= 15 is 0 Å². The number of rotatable bonds is 3. The fourth-order valence-corrected chi connectivity index (χ4v) is 11.1. The van der Waals surface area contributed by atoms with Gasteiger partial charge in [-0.15, -0.1) is 0 Å². The molecular formula is C34H46N4O3S. The fourth-order valence-electron chi connectivity index (χ4n) is 10.5. The van der Waals surface area contributed by atoms with Crippen molar-refractivity contribution in [3.05, 3.63) is 23.3 Å². The van der Waals surface area contributed by atoms with E-state index in [-0.39, 0.29) is 62.8 Å². The van der Waals surface area contributed by atoms with Crippen molar-refractivity contribution >= 4 is 28.2 Å². The first kappa shape index (κ1) is 30.9. The van der Waals surface area contributed by atoms with Crippen molar-refractivity contribution in [3.8, 4) is 12.3 Å². The van der Waals surface area contributed by atoms with Gasteiger partial charge < -0.3 is 5.32 Å². The lowest BCUT2D eigenvalue weighted by molar-refractivity contribution is -0.163. The maximum Gasteiger partial charge on any atom is 0.231 e. The quantitative estimate of drug-likeness (QED) is 0.405. The number of carbonyl (C=O) groups is 3. The van der Waals surface area contributed by atoms with Gasteiger partial charge in [0.05, 0.1) is 11.3 Å². The number of nitrogens with one attached hydrogen (secondary N) is 1. The molecule has 0 heterocycles. The van der Waals surface area contributed by atoms with Gasteiger partial charge >= 0.3 is 0 Å². The van der Waals surface area contributed by atoms with E-state index < -0.39 is 27.1 Å². The lowest BCUT2D eigenvalue weighted by Crippen LogP contribution is -2.70. The van der Waals surface area contributed by atoms with Crippen LogP contribution in [-0.4, -0.2) is 35.0 Å². The third-order valence-corrected chi connectivity index (χ3v) is 13.9. The Hall–Kier alpha value is -2.58. The highest BCUT2D eigenvalue weighted by molar-refractivity contribution is 7.87. The van der Waals surface area contributed by atoms with Crippen LogP contribution in [-0.2, 0) is 25.1 Å². The van der Waals surface area contributed by atoms with Crippen molar-refractivity contribution in [2.45, 2.75) is 99.0 Å². The average molecular weight is 591 g/mol. The SMILES string of the molecule is C/S(CC(=O)N[C@]12CCC(C)(C)C[C@H]1[C@H]1C(=O)C=C3[C@@]4(C)C=C(C#N)C(=O)C(C)(C)[C@@H]4CC[C@@]3(C)[C@]1(C)CC2)=N\C#N. The van der Waals surface area contributed by atoms with Gasteiger partial charge in [-0.2, -0.15) is 14.9 Å². The number of nitriles is 2. The summed E-state index contributed by atoms with van der Waals surface area (Å²) in [5, 5.41) is 22.3. The van der Waals surface area contributed by atoms with Gasteiger partial charge in [0.15, 0.2) is 11.6 Å². The molecule has 0 radical (unpaired) electrons. The van der Waals surface area contributed by atoms with E-state index in [1.54, 1.807) is 6.26 Å². The van der Waals surface area contributed by atoms with Gasteiger partial charge in [-0.05, 0) is 85.4 Å². The van der Waals surface area contributed by atoms with Crippen molar-refractivity contribution in [1.82, 2.24) is 5.32 Å². The molecule has 226 valence electrons. The molecule has 42 heavy (non-hydrogen) atoms. The fraction of sp³-hybridized carbons (Fsp3) is 0.735. The van der Waals surface area contributed by atoms with Gasteiger partial charge in [0.1, 0.15) is 6.07 Å². The normalized spacial score (nSPS) is 42.3. The average Bonchev–Trinajstić information content (AvgIpc) is 2.88. The zero-order valence-corrected chi connectivity index (χ0v) is 27.3. The Morgan fingerprint density at radius 3 is 2.36 bits per heavy atom. The molecule has 0 aromatic heterocycles. The number of Topliss-reactive ketones (excluding diaryl/α,β-unsaturated/α-hetero) is 1. The molecule has 5 aliphatic carbocycles. The topological polar surface area (TPSA) is 123 Å². The molecular weight excluding hydrogens is 544 g/mol. The van der Waals surface area contributed by atoms with Crippen LogP contribution in [0.5, 0.6) is 0 Å². The number of ketones is 2. The molecule has 5 rings (SSSR count). The highest BCUT2D eigenvalue weighted by Crippen LogP contribution is 2.73. The summed E-state index contributed by atoms with van der Waals surface area (Å²) in [4.78, 5) is 41.2. The van der Waals surface area contributed by atoms with E-state index in [0.29, 0.717) is 0 Å². The van der Waals surface area contributed by atoms with Crippen LogP contribution in [0.25, 0.3) is 0 Å². The first-order valence-corrected chi connectivity index (χ1v) is 17.1. The summed E-state index contributed by atoms with van der Waals surface area (Å²) < 4.78 is 3.86. The van der Waals surface area contributed by atoms with Gasteiger partial charge in [-0.3, -0.25) is 14.4 Å². The summed E-state index contributed by atoms with van der Waals surface area (Å²) in [5.74, 6) is -0.0919. The zero-order valence-electron chi connectivity index (χ0n) is 26.5. The molecule has 5 aliphatic rings. The Morgan fingerprint density at radius 1 is 1.05 bits per heavy atom. The largest absolute Gasteiger partial charge is 0.350 e. The van der Waals surface area contributed by atoms with Crippen LogP contribution in [0.4, 0.5) is 0 Å². The molecule has 3 saturated carbocycles. The highest BCUT2D eigenvalue weighted by atomic mass is 32.2. The summed E-state index contributed by atoms with van der Waals surface area (Å²) in [7, 11) is -0.669. The van der Waals surface area contributed by atoms with E-state index in [1.165, 1.54) is 0 Å². The number of amides is 1. The molecule has 0 aromatic carbocycles. The van der Waals surface area contributed by atoms with Crippen molar-refractivity contribution in [2.24, 2.45) is 49.2 Å². The van der Waals surface area contributed by atoms with E-state index in [0.717, 1.165) is 50.5 Å². The second kappa shape index (κ2) is 9.71. The Balaban J connectivity index is 1.62. The number of nitrogens with zero attached hydrogens (tertiary/aromatic N) is 3. The van der Waals surface area contributed by atoms with Crippen molar-refractivity contribution in [3.63, 3.8) is 0 Å². The van der Waals surface area contributed by atoms with E-state index in [4.69, 9.17) is 5.26 Å². The molecule has 0 aliphatic heterocycles. The van der Waals surface area contributed by atoms with Crippen LogP contribution >= 0.6 is 0 Å². The predicted molar refractivity (Wildman–Crippen MR) is 164 cm³/mol. The Morgan fingerprint density at radius 2 is 1.71 bits per heavy atom. The summed E-state index contributed by atoms with van der Waals surface area (Å²) >= 11 is 0. The molecule has 1 amide bonds. The number of fused-ring (bicyclic) bond motifs is 7. The summed E-state index contributed by atoms with van der Waals surface area (Å²) in [6.45, 7) is 15.3. The first-order chi connectivity index (χ1) is 19.4. The minimum Gasteiger partial charge on any atom is -0.350 e. The van der Waals surface area contributed by atoms with Crippen molar-refractivity contribution in [1.29, 1.82) is 10.5 Å². The molecule has 8 heteroatoms. The van der Waals surface area contributed by atoms with Crippen LogP contribution < -0.4 is 5.32 Å². The summed E-state index contributed by atoms with van der Waals surface area (Å²) in [5.41, 5.74) is -0.977. The van der Waals surface area contributed by atoms with Gasteiger partial charge in [0, 0.05) is 22.3 Å². The molecule has 8 atom stereocenters. The lowest BCUT2D eigenvalue weighted by Gasteiger charge is -2.69. The molecule has 7 nitrogen and oxygen atoms in total. The van der Waals surface area contributed by atoms with Gasteiger partial charge in [-0.25, -0.2) is 0 Å². The Labute approximate surface area is 253 Å². The monoisotopic (exact) mass is 590 g/mol. The van der Waals surface area contributed by atoms with Crippen LogP contribution in [0.3, 0.4) is 0 Å². The van der Waals surface area contributed by atoms with Crippen LogP contribution in [0.15, 0.2) is 27.7 Å². The molecule has 0 bridgehead atoms. The lowest BCUT2D eigenvalue weighted by atomic mass is 9.35. The second-order valence-electron chi connectivity index (χ2n) is 15.9. The number of hydrogen-bond acceptors (Lipinski definition) is 6.